The largest absolute Gasteiger partial charge is 0.477 e. The molecule has 20 heavy (non-hydrogen) atoms. The molecule has 0 fully saturated rings. The fraction of sp³-hybridized carbons (Fsp3) is 0.154. The molecule has 102 valence electrons. The van der Waals surface area contributed by atoms with Crippen molar-refractivity contribution in [1.82, 2.24) is 9.55 Å². The Labute approximate surface area is 116 Å². The summed E-state index contributed by atoms with van der Waals surface area (Å²) in [6.45, 7) is 1.98. The third kappa shape index (κ3) is 1.92. The fourth-order valence-corrected chi connectivity index (χ4v) is 3.03. The Bertz CT molecular complexity index is 845. The molecule has 3 heterocycles. The second-order valence-electron chi connectivity index (χ2n) is 4.35. The molecule has 3 aromatic heterocycles. The third-order valence-electron chi connectivity index (χ3n) is 3.04. The molecule has 0 aromatic carbocycles. The van der Waals surface area contributed by atoms with Gasteiger partial charge in [0.2, 0.25) is 0 Å². The Morgan fingerprint density at radius 3 is 3.00 bits per heavy atom. The molecule has 0 aliphatic carbocycles. The molecular formula is C13H10N2O4S. The number of hydrogen-bond acceptors (Lipinski definition) is 5. The zero-order valence-corrected chi connectivity index (χ0v) is 11.3. The van der Waals surface area contributed by atoms with Crippen LogP contribution >= 0.6 is 11.3 Å². The van der Waals surface area contributed by atoms with Crippen molar-refractivity contribution in [2.75, 3.05) is 0 Å². The van der Waals surface area contributed by atoms with E-state index in [1.165, 1.54) is 17.2 Å². The van der Waals surface area contributed by atoms with Crippen LogP contribution in [0.1, 0.15) is 20.8 Å². The number of aromatic carboxylic acids is 1. The highest BCUT2D eigenvalue weighted by Crippen LogP contribution is 2.26. The van der Waals surface area contributed by atoms with Crippen LogP contribution in [0.2, 0.25) is 0 Å². The Morgan fingerprint density at radius 2 is 2.35 bits per heavy atom. The molecule has 0 aliphatic rings. The van der Waals surface area contributed by atoms with E-state index >= 15 is 0 Å². The second-order valence-corrected chi connectivity index (χ2v) is 5.35. The molecule has 3 aromatic rings. The summed E-state index contributed by atoms with van der Waals surface area (Å²) in [5.74, 6) is -1.04. The summed E-state index contributed by atoms with van der Waals surface area (Å²) < 4.78 is 6.40. The maximum atomic E-state index is 12.4. The van der Waals surface area contributed by atoms with Crippen LogP contribution in [-0.4, -0.2) is 20.6 Å². The molecule has 0 bridgehead atoms. The van der Waals surface area contributed by atoms with E-state index in [0.717, 1.165) is 16.9 Å². The molecule has 0 unspecified atom stereocenters. The van der Waals surface area contributed by atoms with E-state index in [1.807, 2.05) is 0 Å². The molecule has 0 atom stereocenters. The van der Waals surface area contributed by atoms with Gasteiger partial charge in [0.25, 0.3) is 5.56 Å². The lowest BCUT2D eigenvalue weighted by Gasteiger charge is -2.03. The number of thiophene rings is 1. The van der Waals surface area contributed by atoms with Gasteiger partial charge in [-0.1, -0.05) is 0 Å². The molecule has 0 radical (unpaired) electrons. The molecule has 6 nitrogen and oxygen atoms in total. The topological polar surface area (TPSA) is 85.3 Å². The fourth-order valence-electron chi connectivity index (χ4n) is 2.06. The van der Waals surface area contributed by atoms with Gasteiger partial charge in [0.15, 0.2) is 0 Å². The minimum Gasteiger partial charge on any atom is -0.477 e. The number of carboxylic acid groups (broad SMARTS) is 1. The van der Waals surface area contributed by atoms with Crippen molar-refractivity contribution in [2.45, 2.75) is 13.5 Å². The van der Waals surface area contributed by atoms with Crippen molar-refractivity contribution in [1.29, 1.82) is 0 Å². The van der Waals surface area contributed by atoms with E-state index in [1.54, 1.807) is 19.3 Å². The quantitative estimate of drug-likeness (QED) is 0.798. The summed E-state index contributed by atoms with van der Waals surface area (Å²) in [6.07, 6.45) is 4.52. The first-order valence-corrected chi connectivity index (χ1v) is 6.62. The maximum absolute atomic E-state index is 12.4. The first-order valence-electron chi connectivity index (χ1n) is 5.81. The second kappa shape index (κ2) is 4.61. The molecule has 0 saturated heterocycles. The predicted octanol–water partition coefficient (Wildman–Crippen LogP) is 2.11. The lowest BCUT2D eigenvalue weighted by molar-refractivity contribution is 0.0701. The van der Waals surface area contributed by atoms with E-state index in [2.05, 4.69) is 4.98 Å². The van der Waals surface area contributed by atoms with Crippen LogP contribution in [0.5, 0.6) is 0 Å². The number of carboxylic acids is 1. The highest BCUT2D eigenvalue weighted by molar-refractivity contribution is 7.20. The van der Waals surface area contributed by atoms with Gasteiger partial charge in [0, 0.05) is 5.56 Å². The van der Waals surface area contributed by atoms with Crippen molar-refractivity contribution in [3.8, 4) is 0 Å². The maximum Gasteiger partial charge on any atom is 0.346 e. The first-order chi connectivity index (χ1) is 9.58. The molecule has 3 rings (SSSR count). The number of fused-ring (bicyclic) bond motifs is 1. The summed E-state index contributed by atoms with van der Waals surface area (Å²) in [5.41, 5.74) is 1.08. The van der Waals surface area contributed by atoms with E-state index in [0.29, 0.717) is 22.3 Å². The zero-order valence-electron chi connectivity index (χ0n) is 10.5. The van der Waals surface area contributed by atoms with Crippen LogP contribution < -0.4 is 5.56 Å². The minimum atomic E-state index is -1.04. The summed E-state index contributed by atoms with van der Waals surface area (Å²) >= 11 is 1.02. The van der Waals surface area contributed by atoms with E-state index in [-0.39, 0.29) is 10.4 Å². The Kier molecular flexibility index (Phi) is 2.90. The van der Waals surface area contributed by atoms with Gasteiger partial charge in [0.1, 0.15) is 9.71 Å². The van der Waals surface area contributed by atoms with Crippen LogP contribution in [0.4, 0.5) is 0 Å². The lowest BCUT2D eigenvalue weighted by Crippen LogP contribution is -2.20. The number of rotatable bonds is 3. The number of carbonyl (C=O) groups is 1. The number of nitrogens with zero attached hydrogens (tertiary/aromatic N) is 2. The van der Waals surface area contributed by atoms with E-state index in [9.17, 15) is 9.59 Å². The van der Waals surface area contributed by atoms with Crippen molar-refractivity contribution < 1.29 is 14.3 Å². The Morgan fingerprint density at radius 1 is 1.55 bits per heavy atom. The molecule has 7 heteroatoms. The van der Waals surface area contributed by atoms with Gasteiger partial charge in [-0.05, 0) is 18.6 Å². The summed E-state index contributed by atoms with van der Waals surface area (Å²) in [5, 5.41) is 9.47. The van der Waals surface area contributed by atoms with Crippen LogP contribution in [0.3, 0.4) is 0 Å². The number of furan rings is 1. The summed E-state index contributed by atoms with van der Waals surface area (Å²) in [6, 6.07) is 1.76. The van der Waals surface area contributed by atoms with Crippen LogP contribution in [0.15, 0.2) is 34.1 Å². The minimum absolute atomic E-state index is 0.158. The van der Waals surface area contributed by atoms with Crippen LogP contribution in [0, 0.1) is 6.92 Å². The van der Waals surface area contributed by atoms with Crippen molar-refractivity contribution in [3.05, 3.63) is 51.3 Å². The third-order valence-corrected chi connectivity index (χ3v) is 4.23. The van der Waals surface area contributed by atoms with Crippen molar-refractivity contribution in [2.24, 2.45) is 0 Å². The molecule has 0 aliphatic heterocycles. The van der Waals surface area contributed by atoms with E-state index in [4.69, 9.17) is 9.52 Å². The number of aryl methyl sites for hydroxylation is 1. The Balaban J connectivity index is 2.17. The zero-order chi connectivity index (χ0) is 14.3. The van der Waals surface area contributed by atoms with Gasteiger partial charge < -0.3 is 9.52 Å². The lowest BCUT2D eigenvalue weighted by atomic mass is 10.2. The number of hydrogen-bond donors (Lipinski definition) is 1. The Hall–Kier alpha value is -2.41. The van der Waals surface area contributed by atoms with Crippen molar-refractivity contribution in [3.63, 3.8) is 0 Å². The molecule has 0 saturated carbocycles. The standard InChI is InChI=1S/C13H10N2O4S/c1-7-9-11(20-10(7)13(17)18)14-6-15(12(9)16)4-8-2-3-19-5-8/h2-3,5-6H,4H2,1H3,(H,17,18). The summed E-state index contributed by atoms with van der Waals surface area (Å²) in [4.78, 5) is 28.3. The SMILES string of the molecule is Cc1c(C(=O)O)sc2ncn(Cc3ccoc3)c(=O)c12. The summed E-state index contributed by atoms with van der Waals surface area (Å²) in [7, 11) is 0. The predicted molar refractivity (Wildman–Crippen MR) is 73.4 cm³/mol. The highest BCUT2D eigenvalue weighted by atomic mass is 32.1. The average molecular weight is 290 g/mol. The normalized spacial score (nSPS) is 11.1. The molecule has 1 N–H and O–H groups in total. The van der Waals surface area contributed by atoms with Crippen LogP contribution in [-0.2, 0) is 6.54 Å². The van der Waals surface area contributed by atoms with Gasteiger partial charge in [0.05, 0.1) is 30.8 Å². The van der Waals surface area contributed by atoms with Gasteiger partial charge >= 0.3 is 5.97 Å². The highest BCUT2D eigenvalue weighted by Gasteiger charge is 2.18. The molecule has 0 spiro atoms. The first kappa shape index (κ1) is 12.6. The van der Waals surface area contributed by atoms with Gasteiger partial charge in [-0.25, -0.2) is 9.78 Å². The van der Waals surface area contributed by atoms with Crippen molar-refractivity contribution >= 4 is 27.5 Å². The van der Waals surface area contributed by atoms with Crippen LogP contribution in [0.25, 0.3) is 10.2 Å². The smallest absolute Gasteiger partial charge is 0.346 e. The molecular weight excluding hydrogens is 280 g/mol. The van der Waals surface area contributed by atoms with Gasteiger partial charge in [-0.15, -0.1) is 11.3 Å². The number of aromatic nitrogens is 2. The average Bonchev–Trinajstić information content (AvgIpc) is 3.01. The van der Waals surface area contributed by atoms with Gasteiger partial charge in [-0.3, -0.25) is 9.36 Å². The molecule has 0 amide bonds. The van der Waals surface area contributed by atoms with E-state index < -0.39 is 5.97 Å². The van der Waals surface area contributed by atoms with Gasteiger partial charge in [-0.2, -0.15) is 0 Å². The monoisotopic (exact) mass is 290 g/mol.